The zero-order valence-corrected chi connectivity index (χ0v) is 17.0. The third kappa shape index (κ3) is 3.91. The number of carbonyl (C=O) groups is 1. The van der Waals surface area contributed by atoms with Crippen molar-refractivity contribution in [3.63, 3.8) is 0 Å². The number of sulfonamides is 1. The summed E-state index contributed by atoms with van der Waals surface area (Å²) in [7, 11) is -2.61. The van der Waals surface area contributed by atoms with Crippen LogP contribution in [0.15, 0.2) is 47.4 Å². The number of aryl methyl sites for hydroxylation is 1. The highest BCUT2D eigenvalue weighted by molar-refractivity contribution is 7.89. The first kappa shape index (κ1) is 20.4. The molecule has 0 saturated heterocycles. The smallest absolute Gasteiger partial charge is 0.241 e. The molecule has 28 heavy (non-hydrogen) atoms. The van der Waals surface area contributed by atoms with Crippen molar-refractivity contribution < 1.29 is 17.9 Å². The summed E-state index contributed by atoms with van der Waals surface area (Å²) in [5.41, 5.74) is 1.88. The SMILES string of the molecule is COc1ccc(NC(=O)C2(c3ccccc3C)CCCCC2)cc1S(N)(=O)=O. The van der Waals surface area contributed by atoms with Crippen LogP contribution < -0.4 is 15.2 Å². The van der Waals surface area contributed by atoms with E-state index in [1.165, 1.54) is 19.2 Å². The standard InChI is InChI=1S/C21H26N2O4S/c1-15-8-4-5-9-17(15)21(12-6-3-7-13-21)20(24)23-16-10-11-18(27-2)19(14-16)28(22,25)26/h4-5,8-11,14H,3,6-7,12-13H2,1-2H3,(H,23,24)(H2,22,25,26). The fourth-order valence-corrected chi connectivity index (χ4v) is 4.83. The van der Waals surface area contributed by atoms with Crippen molar-refractivity contribution in [2.75, 3.05) is 12.4 Å². The van der Waals surface area contributed by atoms with Crippen LogP contribution in [0.3, 0.4) is 0 Å². The van der Waals surface area contributed by atoms with Gasteiger partial charge in [-0.15, -0.1) is 0 Å². The van der Waals surface area contributed by atoms with Gasteiger partial charge in [0.25, 0.3) is 0 Å². The molecule has 0 aromatic heterocycles. The molecule has 0 bridgehead atoms. The molecule has 3 N–H and O–H groups in total. The molecule has 3 rings (SSSR count). The van der Waals surface area contributed by atoms with Gasteiger partial charge in [-0.25, -0.2) is 13.6 Å². The normalized spacial score (nSPS) is 16.4. The lowest BCUT2D eigenvalue weighted by Crippen LogP contribution is -2.42. The summed E-state index contributed by atoms with van der Waals surface area (Å²) < 4.78 is 28.8. The second kappa shape index (κ2) is 7.93. The minimum atomic E-state index is -3.98. The van der Waals surface area contributed by atoms with Gasteiger partial charge in [0, 0.05) is 5.69 Å². The Bertz CT molecular complexity index is 980. The zero-order valence-electron chi connectivity index (χ0n) is 16.2. The maximum atomic E-state index is 13.4. The van der Waals surface area contributed by atoms with Crippen molar-refractivity contribution in [3.8, 4) is 5.75 Å². The molecule has 1 amide bonds. The lowest BCUT2D eigenvalue weighted by Gasteiger charge is -2.37. The maximum Gasteiger partial charge on any atom is 0.241 e. The molecule has 2 aromatic rings. The van der Waals surface area contributed by atoms with E-state index in [1.54, 1.807) is 6.07 Å². The van der Waals surface area contributed by atoms with Crippen LogP contribution in [-0.2, 0) is 20.2 Å². The number of amides is 1. The highest BCUT2D eigenvalue weighted by Gasteiger charge is 2.42. The summed E-state index contributed by atoms with van der Waals surface area (Å²) in [6, 6.07) is 12.4. The van der Waals surface area contributed by atoms with Crippen LogP contribution >= 0.6 is 0 Å². The fourth-order valence-electron chi connectivity index (χ4n) is 4.11. The van der Waals surface area contributed by atoms with Gasteiger partial charge < -0.3 is 10.1 Å². The average Bonchev–Trinajstić information content (AvgIpc) is 2.68. The molecule has 0 aliphatic heterocycles. The number of carbonyl (C=O) groups excluding carboxylic acids is 1. The van der Waals surface area contributed by atoms with Gasteiger partial charge in [0.2, 0.25) is 15.9 Å². The van der Waals surface area contributed by atoms with E-state index < -0.39 is 15.4 Å². The molecule has 7 heteroatoms. The van der Waals surface area contributed by atoms with Crippen LogP contribution in [0.2, 0.25) is 0 Å². The average molecular weight is 403 g/mol. The first-order chi connectivity index (χ1) is 13.3. The summed E-state index contributed by atoms with van der Waals surface area (Å²) in [5, 5.41) is 8.22. The molecule has 0 unspecified atom stereocenters. The Morgan fingerprint density at radius 3 is 2.39 bits per heavy atom. The van der Waals surface area contributed by atoms with E-state index in [-0.39, 0.29) is 16.6 Å². The minimum absolute atomic E-state index is 0.118. The third-order valence-electron chi connectivity index (χ3n) is 5.53. The molecule has 6 nitrogen and oxygen atoms in total. The van der Waals surface area contributed by atoms with Crippen molar-refractivity contribution in [1.29, 1.82) is 0 Å². The largest absolute Gasteiger partial charge is 0.495 e. The van der Waals surface area contributed by atoms with Gasteiger partial charge >= 0.3 is 0 Å². The first-order valence-electron chi connectivity index (χ1n) is 9.36. The number of nitrogens with two attached hydrogens (primary N) is 1. The lowest BCUT2D eigenvalue weighted by molar-refractivity contribution is -0.122. The van der Waals surface area contributed by atoms with E-state index in [1.807, 2.05) is 31.2 Å². The molecule has 0 atom stereocenters. The topological polar surface area (TPSA) is 98.5 Å². The fraction of sp³-hybridized carbons (Fsp3) is 0.381. The second-order valence-electron chi connectivity index (χ2n) is 7.32. The Hall–Kier alpha value is -2.38. The van der Waals surface area contributed by atoms with Gasteiger partial charge in [0.15, 0.2) is 0 Å². The molecule has 2 aromatic carbocycles. The third-order valence-corrected chi connectivity index (χ3v) is 6.46. The second-order valence-corrected chi connectivity index (χ2v) is 8.85. The number of anilines is 1. The molecule has 1 aliphatic carbocycles. The van der Waals surface area contributed by atoms with Gasteiger partial charge in [-0.2, -0.15) is 0 Å². The van der Waals surface area contributed by atoms with Crippen LogP contribution in [0.4, 0.5) is 5.69 Å². The maximum absolute atomic E-state index is 13.4. The Kier molecular flexibility index (Phi) is 5.76. The summed E-state index contributed by atoms with van der Waals surface area (Å²) in [4.78, 5) is 13.3. The number of nitrogens with one attached hydrogen (secondary N) is 1. The number of hydrogen-bond donors (Lipinski definition) is 2. The van der Waals surface area contributed by atoms with Crippen molar-refractivity contribution in [2.24, 2.45) is 5.14 Å². The molecule has 150 valence electrons. The van der Waals surface area contributed by atoms with Crippen molar-refractivity contribution in [3.05, 3.63) is 53.6 Å². The number of hydrogen-bond acceptors (Lipinski definition) is 4. The summed E-state index contributed by atoms with van der Waals surface area (Å²) >= 11 is 0. The summed E-state index contributed by atoms with van der Waals surface area (Å²) in [5.74, 6) is 0.0267. The highest BCUT2D eigenvalue weighted by atomic mass is 32.2. The monoisotopic (exact) mass is 402 g/mol. The van der Waals surface area contributed by atoms with Crippen LogP contribution in [0.1, 0.15) is 43.2 Å². The van der Waals surface area contributed by atoms with E-state index >= 15 is 0 Å². The van der Waals surface area contributed by atoms with Crippen LogP contribution in [0.25, 0.3) is 0 Å². The molecular weight excluding hydrogens is 376 g/mol. The van der Waals surface area contributed by atoms with Gasteiger partial charge in [-0.05, 0) is 49.1 Å². The van der Waals surface area contributed by atoms with Gasteiger partial charge in [0.1, 0.15) is 10.6 Å². The first-order valence-corrected chi connectivity index (χ1v) is 10.9. The molecule has 0 spiro atoms. The van der Waals surface area contributed by atoms with Gasteiger partial charge in [-0.3, -0.25) is 4.79 Å². The number of primary sulfonamides is 1. The summed E-state index contributed by atoms with van der Waals surface area (Å²) in [6.07, 6.45) is 4.60. The van der Waals surface area contributed by atoms with Crippen LogP contribution in [0, 0.1) is 6.92 Å². The van der Waals surface area contributed by atoms with E-state index in [0.29, 0.717) is 5.69 Å². The zero-order chi connectivity index (χ0) is 20.4. The number of methoxy groups -OCH3 is 1. The lowest BCUT2D eigenvalue weighted by atomic mass is 9.67. The Balaban J connectivity index is 1.99. The molecule has 0 radical (unpaired) electrons. The van der Waals surface area contributed by atoms with Crippen molar-refractivity contribution in [2.45, 2.75) is 49.3 Å². The predicted molar refractivity (Wildman–Crippen MR) is 109 cm³/mol. The van der Waals surface area contributed by atoms with Gasteiger partial charge in [0.05, 0.1) is 12.5 Å². The van der Waals surface area contributed by atoms with E-state index in [0.717, 1.165) is 43.2 Å². The quantitative estimate of drug-likeness (QED) is 0.800. The molecule has 1 saturated carbocycles. The van der Waals surface area contributed by atoms with Crippen molar-refractivity contribution >= 4 is 21.6 Å². The Labute approximate surface area is 166 Å². The predicted octanol–water partition coefficient (Wildman–Crippen LogP) is 3.49. The van der Waals surface area contributed by atoms with Gasteiger partial charge in [-0.1, -0.05) is 43.5 Å². The highest BCUT2D eigenvalue weighted by Crippen LogP contribution is 2.42. The molecule has 1 aliphatic rings. The number of rotatable bonds is 5. The molecule has 0 heterocycles. The minimum Gasteiger partial charge on any atom is -0.495 e. The van der Waals surface area contributed by atoms with Crippen LogP contribution in [0.5, 0.6) is 5.75 Å². The van der Waals surface area contributed by atoms with Crippen molar-refractivity contribution in [1.82, 2.24) is 0 Å². The van der Waals surface area contributed by atoms with E-state index in [4.69, 9.17) is 9.88 Å². The number of ether oxygens (including phenoxy) is 1. The van der Waals surface area contributed by atoms with Crippen LogP contribution in [-0.4, -0.2) is 21.4 Å². The Morgan fingerprint density at radius 2 is 1.79 bits per heavy atom. The summed E-state index contributed by atoms with van der Waals surface area (Å²) in [6.45, 7) is 2.02. The number of benzene rings is 2. The molecule has 1 fully saturated rings. The molecular formula is C21H26N2O4S. The van der Waals surface area contributed by atoms with E-state index in [2.05, 4.69) is 5.32 Å². The Morgan fingerprint density at radius 1 is 1.11 bits per heavy atom. The van der Waals surface area contributed by atoms with E-state index in [9.17, 15) is 13.2 Å².